The number of amides is 2. The van der Waals surface area contributed by atoms with E-state index in [9.17, 15) is 19.5 Å². The zero-order valence-corrected chi connectivity index (χ0v) is 16.9. The number of anilines is 1. The smallest absolute Gasteiger partial charge is 0.333 e. The number of hydrogen-bond acceptors (Lipinski definition) is 7. The Morgan fingerprint density at radius 1 is 1.13 bits per heavy atom. The van der Waals surface area contributed by atoms with Crippen LogP contribution in [-0.2, 0) is 19.1 Å². The standard InChI is InChI=1S/C22H22N2O7/c1-29-22(28)20(13-2-5-16(25)6-3-13)23-21(27)14-10-19(26)24(12-14)15-4-7-17-18(11-15)31-9-8-30-17/h2-7,11,14,20,25H,8-10,12H2,1H3,(H,23,27). The Hall–Kier alpha value is -3.75. The van der Waals surface area contributed by atoms with E-state index in [0.717, 1.165) is 0 Å². The molecule has 2 amide bonds. The number of phenols is 1. The summed E-state index contributed by atoms with van der Waals surface area (Å²) in [4.78, 5) is 39.2. The number of carbonyl (C=O) groups is 3. The van der Waals surface area contributed by atoms with Gasteiger partial charge in [0.2, 0.25) is 11.8 Å². The Kier molecular flexibility index (Phi) is 5.66. The number of rotatable bonds is 5. The second-order valence-electron chi connectivity index (χ2n) is 7.29. The molecule has 9 heteroatoms. The highest BCUT2D eigenvalue weighted by atomic mass is 16.6. The molecular formula is C22H22N2O7. The predicted octanol–water partition coefficient (Wildman–Crippen LogP) is 1.55. The average Bonchev–Trinajstić information content (AvgIpc) is 3.19. The Bertz CT molecular complexity index is 1010. The lowest BCUT2D eigenvalue weighted by atomic mass is 10.0. The van der Waals surface area contributed by atoms with Crippen LogP contribution in [0.1, 0.15) is 18.0 Å². The molecule has 0 aromatic heterocycles. The Morgan fingerprint density at radius 3 is 2.55 bits per heavy atom. The summed E-state index contributed by atoms with van der Waals surface area (Å²) in [5, 5.41) is 12.1. The van der Waals surface area contributed by atoms with Gasteiger partial charge in [0.15, 0.2) is 17.5 Å². The number of carbonyl (C=O) groups excluding carboxylic acids is 3. The summed E-state index contributed by atoms with van der Waals surface area (Å²) in [6.45, 7) is 1.08. The summed E-state index contributed by atoms with van der Waals surface area (Å²) < 4.78 is 15.9. The van der Waals surface area contributed by atoms with Gasteiger partial charge in [-0.15, -0.1) is 0 Å². The molecule has 162 valence electrons. The Morgan fingerprint density at radius 2 is 1.84 bits per heavy atom. The van der Waals surface area contributed by atoms with Crippen molar-refractivity contribution in [3.8, 4) is 17.2 Å². The van der Waals surface area contributed by atoms with Gasteiger partial charge in [0.1, 0.15) is 19.0 Å². The molecule has 1 saturated heterocycles. The van der Waals surface area contributed by atoms with E-state index >= 15 is 0 Å². The molecule has 2 atom stereocenters. The van der Waals surface area contributed by atoms with Crippen LogP contribution in [0.2, 0.25) is 0 Å². The van der Waals surface area contributed by atoms with Crippen molar-refractivity contribution in [1.29, 1.82) is 0 Å². The maximum Gasteiger partial charge on any atom is 0.333 e. The summed E-state index contributed by atoms with van der Waals surface area (Å²) in [7, 11) is 1.23. The zero-order valence-electron chi connectivity index (χ0n) is 16.9. The third kappa shape index (κ3) is 4.25. The van der Waals surface area contributed by atoms with Crippen molar-refractivity contribution in [2.45, 2.75) is 12.5 Å². The van der Waals surface area contributed by atoms with E-state index in [4.69, 9.17) is 14.2 Å². The number of phenolic OH excluding ortho intramolecular Hbond substituents is 1. The van der Waals surface area contributed by atoms with Gasteiger partial charge in [-0.1, -0.05) is 12.1 Å². The first-order valence-corrected chi connectivity index (χ1v) is 9.83. The highest BCUT2D eigenvalue weighted by Crippen LogP contribution is 2.36. The number of benzene rings is 2. The molecule has 2 aliphatic rings. The molecule has 0 saturated carbocycles. The van der Waals surface area contributed by atoms with E-state index in [1.807, 2.05) is 0 Å². The van der Waals surface area contributed by atoms with E-state index in [2.05, 4.69) is 5.32 Å². The molecule has 2 unspecified atom stereocenters. The number of hydrogen-bond donors (Lipinski definition) is 2. The van der Waals surface area contributed by atoms with Crippen LogP contribution in [0.5, 0.6) is 17.2 Å². The zero-order chi connectivity index (χ0) is 22.0. The summed E-state index contributed by atoms with van der Waals surface area (Å²) in [5.41, 5.74) is 1.08. The third-order valence-electron chi connectivity index (χ3n) is 5.28. The molecule has 2 heterocycles. The minimum atomic E-state index is -1.04. The molecule has 0 aliphatic carbocycles. The van der Waals surface area contributed by atoms with E-state index in [1.165, 1.54) is 36.3 Å². The number of fused-ring (bicyclic) bond motifs is 1. The van der Waals surface area contributed by atoms with Gasteiger partial charge >= 0.3 is 5.97 Å². The summed E-state index contributed by atoms with van der Waals surface area (Å²) in [5.74, 6) is -0.701. The van der Waals surface area contributed by atoms with Crippen LogP contribution in [-0.4, -0.2) is 49.8 Å². The van der Waals surface area contributed by atoms with Crippen molar-refractivity contribution in [3.05, 3.63) is 48.0 Å². The van der Waals surface area contributed by atoms with Crippen LogP contribution in [0.4, 0.5) is 5.69 Å². The van der Waals surface area contributed by atoms with Crippen molar-refractivity contribution in [2.24, 2.45) is 5.92 Å². The maximum absolute atomic E-state index is 12.9. The summed E-state index contributed by atoms with van der Waals surface area (Å²) in [6, 6.07) is 10.1. The molecule has 2 aromatic rings. The number of nitrogens with one attached hydrogen (secondary N) is 1. The van der Waals surface area contributed by atoms with E-state index in [1.54, 1.807) is 18.2 Å². The topological polar surface area (TPSA) is 114 Å². The fourth-order valence-electron chi connectivity index (χ4n) is 3.66. The predicted molar refractivity (Wildman–Crippen MR) is 109 cm³/mol. The van der Waals surface area contributed by atoms with Crippen LogP contribution in [0.15, 0.2) is 42.5 Å². The Labute approximate surface area is 178 Å². The van der Waals surface area contributed by atoms with Crippen molar-refractivity contribution in [2.75, 3.05) is 31.8 Å². The van der Waals surface area contributed by atoms with Crippen LogP contribution < -0.4 is 19.7 Å². The van der Waals surface area contributed by atoms with Gasteiger partial charge in [-0.3, -0.25) is 9.59 Å². The van der Waals surface area contributed by atoms with Gasteiger partial charge in [0.25, 0.3) is 0 Å². The minimum Gasteiger partial charge on any atom is -0.508 e. The van der Waals surface area contributed by atoms with Gasteiger partial charge in [-0.25, -0.2) is 4.79 Å². The number of aromatic hydroxyl groups is 1. The lowest BCUT2D eigenvalue weighted by Gasteiger charge is -2.22. The van der Waals surface area contributed by atoms with Gasteiger partial charge in [-0.2, -0.15) is 0 Å². The molecule has 9 nitrogen and oxygen atoms in total. The van der Waals surface area contributed by atoms with Crippen molar-refractivity contribution in [1.82, 2.24) is 5.32 Å². The lowest BCUT2D eigenvalue weighted by Crippen LogP contribution is -2.39. The molecule has 2 aromatic carbocycles. The highest BCUT2D eigenvalue weighted by Gasteiger charge is 2.37. The quantitative estimate of drug-likeness (QED) is 0.697. The first-order valence-electron chi connectivity index (χ1n) is 9.83. The molecule has 31 heavy (non-hydrogen) atoms. The van der Waals surface area contributed by atoms with Crippen molar-refractivity contribution >= 4 is 23.5 Å². The van der Waals surface area contributed by atoms with Crippen LogP contribution in [0, 0.1) is 5.92 Å². The molecule has 0 bridgehead atoms. The molecule has 1 fully saturated rings. The van der Waals surface area contributed by atoms with Crippen LogP contribution in [0.3, 0.4) is 0 Å². The average molecular weight is 426 g/mol. The third-order valence-corrected chi connectivity index (χ3v) is 5.28. The monoisotopic (exact) mass is 426 g/mol. The SMILES string of the molecule is COC(=O)C(NC(=O)C1CC(=O)N(c2ccc3c(c2)OCCO3)C1)c1ccc(O)cc1. The van der Waals surface area contributed by atoms with E-state index in [-0.39, 0.29) is 24.6 Å². The first-order chi connectivity index (χ1) is 15.0. The normalized spacial score (nSPS) is 18.4. The van der Waals surface area contributed by atoms with Crippen LogP contribution in [0.25, 0.3) is 0 Å². The number of methoxy groups -OCH3 is 1. The first kappa shape index (κ1) is 20.5. The minimum absolute atomic E-state index is 0.0176. The highest BCUT2D eigenvalue weighted by molar-refractivity contribution is 6.01. The molecule has 0 spiro atoms. The van der Waals surface area contributed by atoms with Crippen LogP contribution >= 0.6 is 0 Å². The lowest BCUT2D eigenvalue weighted by molar-refractivity contribution is -0.145. The molecule has 2 aliphatic heterocycles. The molecule has 2 N–H and O–H groups in total. The summed E-state index contributed by atoms with van der Waals surface area (Å²) in [6.07, 6.45) is 0.0176. The van der Waals surface area contributed by atoms with E-state index in [0.29, 0.717) is 36.0 Å². The van der Waals surface area contributed by atoms with Gasteiger partial charge in [-0.05, 0) is 29.8 Å². The summed E-state index contributed by atoms with van der Waals surface area (Å²) >= 11 is 0. The van der Waals surface area contributed by atoms with Gasteiger partial charge in [0, 0.05) is 24.7 Å². The van der Waals surface area contributed by atoms with Crippen molar-refractivity contribution < 1.29 is 33.7 Å². The Balaban J connectivity index is 1.48. The van der Waals surface area contributed by atoms with Gasteiger partial charge < -0.3 is 29.5 Å². The molecular weight excluding hydrogens is 404 g/mol. The fourth-order valence-corrected chi connectivity index (χ4v) is 3.66. The largest absolute Gasteiger partial charge is 0.508 e. The second kappa shape index (κ2) is 8.55. The van der Waals surface area contributed by atoms with Gasteiger partial charge in [0.05, 0.1) is 13.0 Å². The fraction of sp³-hybridized carbons (Fsp3) is 0.318. The second-order valence-corrected chi connectivity index (χ2v) is 7.29. The molecule has 4 rings (SSSR count). The number of nitrogens with zero attached hydrogens (tertiary/aromatic N) is 1. The number of ether oxygens (including phenoxy) is 3. The number of esters is 1. The van der Waals surface area contributed by atoms with Crippen molar-refractivity contribution in [3.63, 3.8) is 0 Å². The maximum atomic E-state index is 12.9. The van der Waals surface area contributed by atoms with E-state index < -0.39 is 23.8 Å². The molecule has 0 radical (unpaired) electrons.